The minimum atomic E-state index is -0.101. The second-order valence-electron chi connectivity index (χ2n) is 33.5. The quantitative estimate of drug-likeness (QED) is 0.0887. The van der Waals surface area contributed by atoms with Gasteiger partial charge in [-0.25, -0.2) is 9.97 Å². The van der Waals surface area contributed by atoms with Crippen molar-refractivity contribution in [2.45, 2.75) is 158 Å². The molecule has 16 aromatic rings. The monoisotopic (exact) mass is 1410 g/mol. The molecule has 4 aromatic heterocycles. The van der Waals surface area contributed by atoms with Crippen LogP contribution in [-0.2, 0) is 47.3 Å². The van der Waals surface area contributed by atoms with E-state index in [-0.39, 0.29) is 21.7 Å². The Morgan fingerprint density at radius 2 is 0.519 bits per heavy atom. The highest BCUT2D eigenvalue weighted by Gasteiger charge is 2.33. The first-order valence-electron chi connectivity index (χ1n) is 38.8. The van der Waals surface area contributed by atoms with E-state index in [9.17, 15) is 0 Å². The molecule has 0 bridgehead atoms. The van der Waals surface area contributed by atoms with E-state index in [1.807, 2.05) is 12.4 Å². The molecule has 0 amide bonds. The Morgan fingerprint density at radius 3 is 0.824 bits per heavy atom. The predicted molar refractivity (Wildman–Crippen MR) is 462 cm³/mol. The molecule has 8 heteroatoms. The normalized spacial score (nSPS) is 12.4. The lowest BCUT2D eigenvalue weighted by Gasteiger charge is -2.35. The Labute approximate surface area is 637 Å². The van der Waals surface area contributed by atoms with Crippen LogP contribution in [0.3, 0.4) is 0 Å². The summed E-state index contributed by atoms with van der Waals surface area (Å²) in [5.74, 6) is 1.77. The zero-order valence-corrected chi connectivity index (χ0v) is 65.7. The van der Waals surface area contributed by atoms with E-state index in [4.69, 9.17) is 19.9 Å². The second kappa shape index (κ2) is 27.4. The van der Waals surface area contributed by atoms with Crippen LogP contribution in [0.15, 0.2) is 255 Å². The van der Waals surface area contributed by atoms with E-state index in [0.29, 0.717) is 0 Å². The van der Waals surface area contributed by atoms with Crippen molar-refractivity contribution >= 4 is 144 Å². The van der Waals surface area contributed by atoms with Gasteiger partial charge in [0.2, 0.25) is 0 Å². The molecule has 0 fully saturated rings. The van der Waals surface area contributed by atoms with E-state index in [2.05, 4.69) is 373 Å². The fourth-order valence-electron chi connectivity index (χ4n) is 16.2. The summed E-state index contributed by atoms with van der Waals surface area (Å²) in [4.78, 5) is 32.1. The van der Waals surface area contributed by atoms with Crippen LogP contribution >= 0.6 is 0 Å². The number of pyridine rings is 4. The Morgan fingerprint density at radius 1 is 0.250 bits per heavy atom. The van der Waals surface area contributed by atoms with E-state index in [0.717, 1.165) is 181 Å². The van der Waals surface area contributed by atoms with Gasteiger partial charge >= 0.3 is 0 Å². The van der Waals surface area contributed by atoms with Crippen LogP contribution in [0.25, 0.3) is 75.9 Å². The van der Waals surface area contributed by atoms with Gasteiger partial charge in [0, 0.05) is 89.0 Å². The molecule has 0 saturated heterocycles. The summed E-state index contributed by atoms with van der Waals surface area (Å²) in [6.07, 6.45) is 6.90. The van der Waals surface area contributed by atoms with Gasteiger partial charge in [-0.1, -0.05) is 232 Å². The van der Waals surface area contributed by atoms with Gasteiger partial charge in [0.15, 0.2) is 0 Å². The molecule has 0 aliphatic carbocycles. The lowest BCUT2D eigenvalue weighted by Crippen LogP contribution is -2.19. The summed E-state index contributed by atoms with van der Waals surface area (Å²) >= 11 is 0. The van der Waals surface area contributed by atoms with Crippen molar-refractivity contribution in [1.82, 2.24) is 19.9 Å². The molecule has 0 spiro atoms. The van der Waals surface area contributed by atoms with E-state index in [1.54, 1.807) is 0 Å². The number of benzene rings is 12. The van der Waals surface area contributed by atoms with Gasteiger partial charge in [-0.3, -0.25) is 19.8 Å². The zero-order chi connectivity index (χ0) is 75.3. The van der Waals surface area contributed by atoms with Crippen LogP contribution in [-0.4, -0.2) is 19.9 Å². The predicted octanol–water partition coefficient (Wildman–Crippen LogP) is 28.1. The Hall–Kier alpha value is -11.5. The fourth-order valence-corrected chi connectivity index (χ4v) is 16.2. The Bertz CT molecular complexity index is 5350. The van der Waals surface area contributed by atoms with Crippen molar-refractivity contribution in [3.05, 3.63) is 300 Å². The number of para-hydroxylation sites is 2. The summed E-state index contributed by atoms with van der Waals surface area (Å²) < 4.78 is 0. The fraction of sp³-hybridized carbons (Fsp3) is 0.240. The highest BCUT2D eigenvalue weighted by molar-refractivity contribution is 6.33. The van der Waals surface area contributed by atoms with Crippen LogP contribution in [0.1, 0.15) is 155 Å². The number of hydrogen-bond donors (Lipinski definition) is 0. The van der Waals surface area contributed by atoms with Crippen LogP contribution in [0.2, 0.25) is 0 Å². The molecule has 0 saturated carbocycles. The minimum Gasteiger partial charge on any atom is -0.309 e. The summed E-state index contributed by atoms with van der Waals surface area (Å²) in [6, 6.07) is 91.9. The first kappa shape index (κ1) is 70.8. The largest absolute Gasteiger partial charge is 0.309 e. The van der Waals surface area contributed by atoms with Gasteiger partial charge in [-0.05, 0) is 213 Å². The van der Waals surface area contributed by atoms with Crippen LogP contribution in [0.4, 0.5) is 68.5 Å². The third-order valence-corrected chi connectivity index (χ3v) is 22.3. The highest BCUT2D eigenvalue weighted by Crippen LogP contribution is 2.57. The zero-order valence-electron chi connectivity index (χ0n) is 65.7. The minimum absolute atomic E-state index is 0.0974. The van der Waals surface area contributed by atoms with Crippen molar-refractivity contribution in [3.8, 4) is 0 Å². The van der Waals surface area contributed by atoms with E-state index >= 15 is 0 Å². The highest BCUT2D eigenvalue weighted by atomic mass is 15.2. The maximum absolute atomic E-state index is 5.87. The molecule has 0 aliphatic rings. The number of hydrogen-bond acceptors (Lipinski definition) is 8. The molecule has 0 radical (unpaired) electrons. The molecule has 12 aromatic carbocycles. The van der Waals surface area contributed by atoms with Crippen molar-refractivity contribution < 1.29 is 0 Å². The standard InChI is InChI=1S/C100H98N8/c1-17-63-55-69-29-25-53-101-85(69)59-87(63)105(75-41-33-71(34-42-75)97(5,6)7)89-61-91(107(77-45-37-73(38-46-77)99(11,12)13)95-65(19-3)57-67-27-21-23-31-83(67)103-95)81-51-52-82-92(108(78-47-39-74(40-48-78)100(14,15)16)96-66(20-4)58-68-28-22-24-32-84(68)104-96)62-90(80-50-49-79(89)93(81)94(80)82)106(76-43-35-72(36-44-76)98(8,9)10)88-60-86-70(30-26-54-102-86)56-64(88)18-2/h21-62H,17-20H2,1-16H3. The molecule has 16 rings (SSSR count). The molecular weight excluding hydrogens is 1310 g/mol. The van der Waals surface area contributed by atoms with E-state index < -0.39 is 0 Å². The molecule has 538 valence electrons. The Balaban J connectivity index is 1.14. The van der Waals surface area contributed by atoms with Crippen molar-refractivity contribution in [3.63, 3.8) is 0 Å². The molecule has 0 aliphatic heterocycles. The van der Waals surface area contributed by atoms with Gasteiger partial charge < -0.3 is 9.80 Å². The number of anilines is 12. The lowest BCUT2D eigenvalue weighted by atomic mass is 9.86. The topological polar surface area (TPSA) is 64.5 Å². The third-order valence-electron chi connectivity index (χ3n) is 22.3. The summed E-state index contributed by atoms with van der Waals surface area (Å²) in [6.45, 7) is 36.7. The van der Waals surface area contributed by atoms with Gasteiger partial charge in [0.05, 0.1) is 56.2 Å². The SMILES string of the molecule is CCc1cc2cccnc2cc1N(c1ccc(C(C)(C)C)cc1)c1cc(N(c2ccc(C(C)(C)C)cc2)c2nc3ccccc3cc2CC)c2ccc3c(N(c4ccc(C(C)(C)C)cc4)c4nc5ccccc5cc4CC)cc(N(c4ccc(C(C)(C)C)cc4)c4cc5ncccc5cc4CC)c4ccc1c2c43. The maximum Gasteiger partial charge on any atom is 0.141 e. The van der Waals surface area contributed by atoms with Crippen molar-refractivity contribution in [1.29, 1.82) is 0 Å². The van der Waals surface area contributed by atoms with Gasteiger partial charge in [0.1, 0.15) is 11.6 Å². The number of nitrogens with zero attached hydrogens (tertiary/aromatic N) is 8. The average Bonchev–Trinajstić information content (AvgIpc) is 0.696. The van der Waals surface area contributed by atoms with Crippen LogP contribution in [0.5, 0.6) is 0 Å². The van der Waals surface area contributed by atoms with Crippen molar-refractivity contribution in [2.75, 3.05) is 19.6 Å². The molecule has 108 heavy (non-hydrogen) atoms. The number of fused-ring (bicyclic) bond motifs is 4. The first-order valence-corrected chi connectivity index (χ1v) is 38.8. The lowest BCUT2D eigenvalue weighted by molar-refractivity contribution is 0.590. The molecular formula is C100H98N8. The van der Waals surface area contributed by atoms with Crippen LogP contribution in [0, 0.1) is 0 Å². The summed E-state index contributed by atoms with van der Waals surface area (Å²) in [5.41, 5.74) is 23.3. The average molecular weight is 1410 g/mol. The molecule has 0 N–H and O–H groups in total. The summed E-state index contributed by atoms with van der Waals surface area (Å²) in [5, 5.41) is 11.0. The molecule has 8 nitrogen and oxygen atoms in total. The van der Waals surface area contributed by atoms with Gasteiger partial charge in [-0.15, -0.1) is 0 Å². The maximum atomic E-state index is 5.87. The Kier molecular flexibility index (Phi) is 18.0. The van der Waals surface area contributed by atoms with Crippen molar-refractivity contribution in [2.24, 2.45) is 0 Å². The van der Waals surface area contributed by atoms with Gasteiger partial charge in [-0.2, -0.15) is 0 Å². The molecule has 0 unspecified atom stereocenters. The van der Waals surface area contributed by atoms with Gasteiger partial charge in [0.25, 0.3) is 0 Å². The smallest absolute Gasteiger partial charge is 0.141 e. The number of aromatic nitrogens is 4. The molecule has 0 atom stereocenters. The summed E-state index contributed by atoms with van der Waals surface area (Å²) in [7, 11) is 0. The number of aryl methyl sites for hydroxylation is 4. The first-order chi connectivity index (χ1) is 51.9. The van der Waals surface area contributed by atoms with Crippen LogP contribution < -0.4 is 19.6 Å². The molecule has 4 heterocycles. The second-order valence-corrected chi connectivity index (χ2v) is 33.5. The van der Waals surface area contributed by atoms with E-state index in [1.165, 1.54) is 33.4 Å². The third kappa shape index (κ3) is 12.8. The number of rotatable bonds is 16.